The Morgan fingerprint density at radius 2 is 1.83 bits per heavy atom. The van der Waals surface area contributed by atoms with Crippen LogP contribution in [0.3, 0.4) is 0 Å². The number of halogens is 1. The Bertz CT molecular complexity index is 962. The van der Waals surface area contributed by atoms with Crippen molar-refractivity contribution in [1.82, 2.24) is 0 Å². The fourth-order valence-electron chi connectivity index (χ4n) is 2.79. The highest BCUT2D eigenvalue weighted by Gasteiger charge is 2.19. The molecule has 30 heavy (non-hydrogen) atoms. The van der Waals surface area contributed by atoms with Crippen LogP contribution in [0.4, 0.5) is 11.4 Å². The monoisotopic (exact) mass is 454 g/mol. The predicted octanol–water partition coefficient (Wildman–Crippen LogP) is 4.32. The van der Waals surface area contributed by atoms with Crippen LogP contribution in [-0.2, 0) is 14.8 Å². The van der Waals surface area contributed by atoms with Crippen molar-refractivity contribution in [3.05, 3.63) is 47.5 Å². The number of amides is 1. The first-order valence-corrected chi connectivity index (χ1v) is 11.7. The van der Waals surface area contributed by atoms with Crippen molar-refractivity contribution < 1.29 is 22.7 Å². The molecule has 2 aromatic rings. The molecule has 0 aromatic heterocycles. The van der Waals surface area contributed by atoms with Gasteiger partial charge in [0.2, 0.25) is 15.9 Å². The number of hydrogen-bond acceptors (Lipinski definition) is 5. The lowest BCUT2D eigenvalue weighted by Gasteiger charge is -2.23. The van der Waals surface area contributed by atoms with E-state index in [0.29, 0.717) is 28.6 Å². The molecule has 0 radical (unpaired) electrons. The van der Waals surface area contributed by atoms with Gasteiger partial charge in [0, 0.05) is 18.7 Å². The third-order valence-corrected chi connectivity index (χ3v) is 5.59. The van der Waals surface area contributed by atoms with E-state index in [1.165, 1.54) is 17.5 Å². The van der Waals surface area contributed by atoms with Crippen LogP contribution in [0, 0.1) is 0 Å². The van der Waals surface area contributed by atoms with Crippen molar-refractivity contribution in [2.45, 2.75) is 32.8 Å². The third-order valence-electron chi connectivity index (χ3n) is 4.10. The highest BCUT2D eigenvalue weighted by Crippen LogP contribution is 2.30. The van der Waals surface area contributed by atoms with Crippen molar-refractivity contribution in [3.63, 3.8) is 0 Å². The minimum Gasteiger partial charge on any atom is -0.495 e. The minimum atomic E-state index is -3.54. The summed E-state index contributed by atoms with van der Waals surface area (Å²) in [4.78, 5) is 12.2. The van der Waals surface area contributed by atoms with Gasteiger partial charge in [0.05, 0.1) is 30.2 Å². The summed E-state index contributed by atoms with van der Waals surface area (Å²) in [5.74, 6) is 0.983. The van der Waals surface area contributed by atoms with Gasteiger partial charge in [0.25, 0.3) is 0 Å². The van der Waals surface area contributed by atoms with Crippen molar-refractivity contribution in [2.75, 3.05) is 29.5 Å². The number of benzene rings is 2. The van der Waals surface area contributed by atoms with Crippen molar-refractivity contribution >= 4 is 38.9 Å². The average molecular weight is 455 g/mol. The number of ether oxygens (including phenoxy) is 2. The summed E-state index contributed by atoms with van der Waals surface area (Å²) in [5.41, 5.74) is 1.07. The average Bonchev–Trinajstić information content (AvgIpc) is 2.65. The quantitative estimate of drug-likeness (QED) is 0.577. The van der Waals surface area contributed by atoms with Gasteiger partial charge in [0.1, 0.15) is 11.5 Å². The normalized spacial score (nSPS) is 11.3. The summed E-state index contributed by atoms with van der Waals surface area (Å²) >= 11 is 6.12. The van der Waals surface area contributed by atoms with E-state index in [2.05, 4.69) is 5.32 Å². The maximum Gasteiger partial charge on any atom is 0.232 e. The molecule has 2 rings (SSSR count). The minimum absolute atomic E-state index is 0.0730. The van der Waals surface area contributed by atoms with Gasteiger partial charge in [-0.15, -0.1) is 0 Å². The molecule has 0 saturated carbocycles. The van der Waals surface area contributed by atoms with E-state index >= 15 is 0 Å². The van der Waals surface area contributed by atoms with Crippen LogP contribution in [0.25, 0.3) is 0 Å². The molecule has 0 fully saturated rings. The van der Waals surface area contributed by atoms with Crippen LogP contribution in [0.15, 0.2) is 42.5 Å². The van der Waals surface area contributed by atoms with Crippen LogP contribution < -0.4 is 19.1 Å². The predicted molar refractivity (Wildman–Crippen MR) is 120 cm³/mol. The van der Waals surface area contributed by atoms with Crippen LogP contribution >= 0.6 is 11.6 Å². The molecular weight excluding hydrogens is 428 g/mol. The molecule has 0 saturated heterocycles. The Morgan fingerprint density at radius 1 is 1.17 bits per heavy atom. The van der Waals surface area contributed by atoms with Gasteiger partial charge in [-0.2, -0.15) is 0 Å². The Balaban J connectivity index is 1.95. The topological polar surface area (TPSA) is 84.9 Å². The van der Waals surface area contributed by atoms with Gasteiger partial charge in [-0.1, -0.05) is 11.6 Å². The summed E-state index contributed by atoms with van der Waals surface area (Å²) in [6.45, 7) is 4.03. The lowest BCUT2D eigenvalue weighted by Crippen LogP contribution is -2.31. The zero-order valence-corrected chi connectivity index (χ0v) is 19.1. The number of carbonyl (C=O) groups is 1. The van der Waals surface area contributed by atoms with Crippen LogP contribution in [0.5, 0.6) is 11.5 Å². The standard InChI is InChI=1S/C21H27ClN2O5S/c1-15(2)29-18-10-7-16(8-11-18)23-21(25)6-5-13-24(30(4,26)27)17-9-12-20(28-3)19(22)14-17/h7-12,14-15H,5-6,13H2,1-4H3,(H,23,25). The van der Waals surface area contributed by atoms with E-state index < -0.39 is 10.0 Å². The fraction of sp³-hybridized carbons (Fsp3) is 0.381. The Kier molecular flexibility index (Phi) is 8.37. The first kappa shape index (κ1) is 23.8. The van der Waals surface area contributed by atoms with E-state index in [-0.39, 0.29) is 25.0 Å². The third kappa shape index (κ3) is 7.11. The maximum absolute atomic E-state index is 12.2. The molecule has 0 aliphatic heterocycles. The molecule has 0 aliphatic carbocycles. The van der Waals surface area contributed by atoms with Crippen LogP contribution in [0.2, 0.25) is 5.02 Å². The van der Waals surface area contributed by atoms with E-state index in [0.717, 1.165) is 12.0 Å². The second-order valence-electron chi connectivity index (χ2n) is 7.00. The molecule has 0 aliphatic rings. The van der Waals surface area contributed by atoms with Crippen molar-refractivity contribution in [1.29, 1.82) is 0 Å². The zero-order valence-electron chi connectivity index (χ0n) is 17.5. The summed E-state index contributed by atoms with van der Waals surface area (Å²) in [6.07, 6.45) is 1.70. The van der Waals surface area contributed by atoms with E-state index in [1.54, 1.807) is 36.4 Å². The van der Waals surface area contributed by atoms with E-state index in [4.69, 9.17) is 21.1 Å². The summed E-state index contributed by atoms with van der Waals surface area (Å²) < 4.78 is 36.3. The largest absolute Gasteiger partial charge is 0.495 e. The number of nitrogens with zero attached hydrogens (tertiary/aromatic N) is 1. The summed E-state index contributed by atoms with van der Waals surface area (Å²) in [6, 6.07) is 11.8. The van der Waals surface area contributed by atoms with Gasteiger partial charge in [-0.25, -0.2) is 8.42 Å². The number of nitrogens with one attached hydrogen (secondary N) is 1. The smallest absolute Gasteiger partial charge is 0.232 e. The lowest BCUT2D eigenvalue weighted by atomic mass is 10.2. The molecule has 0 atom stereocenters. The number of methoxy groups -OCH3 is 1. The molecular formula is C21H27ClN2O5S. The SMILES string of the molecule is COc1ccc(N(CCCC(=O)Nc2ccc(OC(C)C)cc2)S(C)(=O)=O)cc1Cl. The lowest BCUT2D eigenvalue weighted by molar-refractivity contribution is -0.116. The Labute approximate surface area is 183 Å². The number of sulfonamides is 1. The number of anilines is 2. The first-order chi connectivity index (χ1) is 14.1. The maximum atomic E-state index is 12.2. The van der Waals surface area contributed by atoms with Crippen LogP contribution in [0.1, 0.15) is 26.7 Å². The zero-order chi connectivity index (χ0) is 22.3. The van der Waals surface area contributed by atoms with E-state index in [9.17, 15) is 13.2 Å². The first-order valence-electron chi connectivity index (χ1n) is 9.48. The van der Waals surface area contributed by atoms with Gasteiger partial charge >= 0.3 is 0 Å². The molecule has 164 valence electrons. The number of carbonyl (C=O) groups excluding carboxylic acids is 1. The van der Waals surface area contributed by atoms with Gasteiger partial charge in [-0.3, -0.25) is 9.10 Å². The fourth-order valence-corrected chi connectivity index (χ4v) is 4.00. The summed E-state index contributed by atoms with van der Waals surface area (Å²) in [7, 11) is -2.05. The molecule has 0 unspecified atom stereocenters. The van der Waals surface area contributed by atoms with E-state index in [1.807, 2.05) is 13.8 Å². The second kappa shape index (κ2) is 10.5. The molecule has 0 heterocycles. The second-order valence-corrected chi connectivity index (χ2v) is 9.31. The Hall–Kier alpha value is -2.45. The van der Waals surface area contributed by atoms with Gasteiger partial charge in [0.15, 0.2) is 0 Å². The highest BCUT2D eigenvalue weighted by atomic mass is 35.5. The number of hydrogen-bond donors (Lipinski definition) is 1. The number of rotatable bonds is 10. The molecule has 1 amide bonds. The molecule has 9 heteroatoms. The molecule has 2 aromatic carbocycles. The van der Waals surface area contributed by atoms with Crippen molar-refractivity contribution in [2.24, 2.45) is 0 Å². The van der Waals surface area contributed by atoms with Crippen LogP contribution in [-0.4, -0.2) is 40.3 Å². The van der Waals surface area contributed by atoms with Crippen molar-refractivity contribution in [3.8, 4) is 11.5 Å². The summed E-state index contributed by atoms with van der Waals surface area (Å²) in [5, 5.41) is 3.11. The molecule has 0 spiro atoms. The molecule has 7 nitrogen and oxygen atoms in total. The molecule has 0 bridgehead atoms. The van der Waals surface area contributed by atoms with Gasteiger partial charge < -0.3 is 14.8 Å². The highest BCUT2D eigenvalue weighted by molar-refractivity contribution is 7.92. The molecule has 1 N–H and O–H groups in total. The van der Waals surface area contributed by atoms with Gasteiger partial charge in [-0.05, 0) is 62.7 Å². The Morgan fingerprint density at radius 3 is 2.37 bits per heavy atom.